The molecule has 2 nitrogen and oxygen atoms in total. The molecule has 0 aliphatic heterocycles. The molecule has 112 valence electrons. The van der Waals surface area contributed by atoms with Crippen molar-refractivity contribution in [3.05, 3.63) is 29.3 Å². The van der Waals surface area contributed by atoms with E-state index in [4.69, 9.17) is 10.5 Å². The summed E-state index contributed by atoms with van der Waals surface area (Å²) in [4.78, 5) is 0. The maximum atomic E-state index is 14.0. The normalized spacial score (nSPS) is 18.6. The van der Waals surface area contributed by atoms with Crippen molar-refractivity contribution in [3.63, 3.8) is 0 Å². The smallest absolute Gasteiger partial charge is 0.191 e. The lowest BCUT2D eigenvalue weighted by molar-refractivity contribution is 0.167. The number of rotatable bonds is 4. The number of ether oxygens (including phenoxy) is 1. The molecule has 1 atom stereocenters. The zero-order valence-corrected chi connectivity index (χ0v) is 12.0. The highest BCUT2D eigenvalue weighted by Gasteiger charge is 2.19. The van der Waals surface area contributed by atoms with Gasteiger partial charge in [-0.2, -0.15) is 0 Å². The molecule has 1 saturated carbocycles. The Morgan fingerprint density at radius 2 is 1.70 bits per heavy atom. The van der Waals surface area contributed by atoms with Gasteiger partial charge in [-0.25, -0.2) is 8.78 Å². The summed E-state index contributed by atoms with van der Waals surface area (Å²) in [5, 5.41) is 0. The van der Waals surface area contributed by atoms with E-state index in [1.807, 2.05) is 6.92 Å². The van der Waals surface area contributed by atoms with E-state index in [9.17, 15) is 8.78 Å². The predicted octanol–water partition coefficient (Wildman–Crippen LogP) is 3.96. The molecule has 20 heavy (non-hydrogen) atoms. The zero-order valence-electron chi connectivity index (χ0n) is 12.0. The van der Waals surface area contributed by atoms with Gasteiger partial charge in [-0.15, -0.1) is 0 Å². The van der Waals surface area contributed by atoms with Gasteiger partial charge in [0.2, 0.25) is 0 Å². The molecule has 1 aliphatic carbocycles. The average Bonchev–Trinajstić information content (AvgIpc) is 2.61. The molecule has 1 aromatic carbocycles. The van der Waals surface area contributed by atoms with E-state index < -0.39 is 11.6 Å². The van der Waals surface area contributed by atoms with Gasteiger partial charge in [-0.05, 0) is 56.7 Å². The third kappa shape index (κ3) is 4.17. The largest absolute Gasteiger partial charge is 0.484 e. The van der Waals surface area contributed by atoms with Crippen LogP contribution >= 0.6 is 0 Å². The SMILES string of the molecule is CC(N)Cc1cc(F)c(OC2CCCCCC2)c(F)c1. The molecular formula is C16H23F2NO. The number of benzene rings is 1. The third-order valence-corrected chi connectivity index (χ3v) is 3.70. The van der Waals surface area contributed by atoms with Crippen molar-refractivity contribution in [1.29, 1.82) is 0 Å². The molecule has 0 amide bonds. The Balaban J connectivity index is 2.10. The summed E-state index contributed by atoms with van der Waals surface area (Å²) >= 11 is 0. The van der Waals surface area contributed by atoms with E-state index in [0.29, 0.717) is 12.0 Å². The van der Waals surface area contributed by atoms with Gasteiger partial charge >= 0.3 is 0 Å². The molecule has 1 aliphatic rings. The molecule has 2 N–H and O–H groups in total. The fourth-order valence-corrected chi connectivity index (χ4v) is 2.74. The first-order chi connectivity index (χ1) is 9.56. The van der Waals surface area contributed by atoms with E-state index >= 15 is 0 Å². The van der Waals surface area contributed by atoms with Gasteiger partial charge < -0.3 is 10.5 Å². The summed E-state index contributed by atoms with van der Waals surface area (Å²) in [5.74, 6) is -1.47. The van der Waals surface area contributed by atoms with Crippen LogP contribution in [0.1, 0.15) is 51.0 Å². The summed E-state index contributed by atoms with van der Waals surface area (Å²) in [5.41, 5.74) is 6.23. The minimum Gasteiger partial charge on any atom is -0.484 e. The third-order valence-electron chi connectivity index (χ3n) is 3.70. The molecule has 1 fully saturated rings. The summed E-state index contributed by atoms with van der Waals surface area (Å²) < 4.78 is 33.6. The van der Waals surface area contributed by atoms with Crippen LogP contribution in [0.4, 0.5) is 8.78 Å². The molecule has 0 radical (unpaired) electrons. The van der Waals surface area contributed by atoms with Gasteiger partial charge in [0.25, 0.3) is 0 Å². The molecule has 1 unspecified atom stereocenters. The van der Waals surface area contributed by atoms with Gasteiger partial charge in [0.15, 0.2) is 17.4 Å². The van der Waals surface area contributed by atoms with Crippen LogP contribution in [0.3, 0.4) is 0 Å². The van der Waals surface area contributed by atoms with Gasteiger partial charge in [-0.1, -0.05) is 12.8 Å². The first-order valence-corrected chi connectivity index (χ1v) is 7.46. The van der Waals surface area contributed by atoms with Crippen LogP contribution in [-0.2, 0) is 6.42 Å². The Bertz CT molecular complexity index is 417. The number of hydrogen-bond donors (Lipinski definition) is 1. The lowest BCUT2D eigenvalue weighted by atomic mass is 10.1. The quantitative estimate of drug-likeness (QED) is 0.849. The second-order valence-electron chi connectivity index (χ2n) is 5.80. The van der Waals surface area contributed by atoms with Gasteiger partial charge in [0.05, 0.1) is 6.10 Å². The maximum Gasteiger partial charge on any atom is 0.191 e. The molecule has 0 spiro atoms. The molecule has 0 saturated heterocycles. The van der Waals surface area contributed by atoms with E-state index in [1.54, 1.807) is 0 Å². The van der Waals surface area contributed by atoms with E-state index in [2.05, 4.69) is 0 Å². The fourth-order valence-electron chi connectivity index (χ4n) is 2.74. The molecule has 4 heteroatoms. The van der Waals surface area contributed by atoms with Crippen molar-refractivity contribution in [2.24, 2.45) is 5.73 Å². The molecule has 2 rings (SSSR count). The minimum absolute atomic E-state index is 0.0687. The van der Waals surface area contributed by atoms with Crippen molar-refractivity contribution < 1.29 is 13.5 Å². The van der Waals surface area contributed by atoms with Crippen molar-refractivity contribution >= 4 is 0 Å². The van der Waals surface area contributed by atoms with Crippen molar-refractivity contribution in [2.75, 3.05) is 0 Å². The summed E-state index contributed by atoms with van der Waals surface area (Å²) in [6, 6.07) is 2.54. The summed E-state index contributed by atoms with van der Waals surface area (Å²) in [6.07, 6.45) is 6.63. The van der Waals surface area contributed by atoms with Crippen LogP contribution in [0.25, 0.3) is 0 Å². The van der Waals surface area contributed by atoms with Crippen LogP contribution in [0.2, 0.25) is 0 Å². The second-order valence-corrected chi connectivity index (χ2v) is 5.80. The number of halogens is 2. The minimum atomic E-state index is -0.620. The Kier molecular flexibility index (Phi) is 5.35. The van der Waals surface area contributed by atoms with Gasteiger partial charge in [0.1, 0.15) is 0 Å². The Morgan fingerprint density at radius 3 is 2.20 bits per heavy atom. The Labute approximate surface area is 119 Å². The van der Waals surface area contributed by atoms with Crippen LogP contribution in [0, 0.1) is 11.6 Å². The van der Waals surface area contributed by atoms with E-state index in [1.165, 1.54) is 25.0 Å². The van der Waals surface area contributed by atoms with Crippen molar-refractivity contribution in [3.8, 4) is 5.75 Å². The van der Waals surface area contributed by atoms with Crippen molar-refractivity contribution in [1.82, 2.24) is 0 Å². The first-order valence-electron chi connectivity index (χ1n) is 7.46. The summed E-state index contributed by atoms with van der Waals surface area (Å²) in [6.45, 7) is 1.81. The Morgan fingerprint density at radius 1 is 1.15 bits per heavy atom. The maximum absolute atomic E-state index is 14.0. The second kappa shape index (κ2) is 7.02. The zero-order chi connectivity index (χ0) is 14.5. The molecule has 0 bridgehead atoms. The van der Waals surface area contributed by atoms with Crippen LogP contribution < -0.4 is 10.5 Å². The topological polar surface area (TPSA) is 35.2 Å². The monoisotopic (exact) mass is 283 g/mol. The molecule has 1 aromatic rings. The van der Waals surface area contributed by atoms with Crippen LogP contribution in [0.5, 0.6) is 5.75 Å². The highest BCUT2D eigenvalue weighted by Crippen LogP contribution is 2.28. The van der Waals surface area contributed by atoms with E-state index in [-0.39, 0.29) is 17.9 Å². The van der Waals surface area contributed by atoms with Crippen LogP contribution in [0.15, 0.2) is 12.1 Å². The predicted molar refractivity (Wildman–Crippen MR) is 75.8 cm³/mol. The van der Waals surface area contributed by atoms with Gasteiger partial charge in [-0.3, -0.25) is 0 Å². The number of nitrogens with two attached hydrogens (primary N) is 1. The summed E-state index contributed by atoms with van der Waals surface area (Å²) in [7, 11) is 0. The lowest BCUT2D eigenvalue weighted by Crippen LogP contribution is -2.19. The Hall–Kier alpha value is -1.16. The highest BCUT2D eigenvalue weighted by atomic mass is 19.1. The molecule has 0 heterocycles. The van der Waals surface area contributed by atoms with E-state index in [0.717, 1.165) is 25.7 Å². The van der Waals surface area contributed by atoms with Crippen molar-refractivity contribution in [2.45, 2.75) is 64.0 Å². The molecular weight excluding hydrogens is 260 g/mol. The highest BCUT2D eigenvalue weighted by molar-refractivity contribution is 5.32. The first kappa shape index (κ1) is 15.2. The average molecular weight is 283 g/mol. The van der Waals surface area contributed by atoms with Gasteiger partial charge in [0, 0.05) is 6.04 Å². The lowest BCUT2D eigenvalue weighted by Gasteiger charge is -2.18. The molecule has 0 aromatic heterocycles. The van der Waals surface area contributed by atoms with Crippen LogP contribution in [-0.4, -0.2) is 12.1 Å². The number of hydrogen-bond acceptors (Lipinski definition) is 2. The fraction of sp³-hybridized carbons (Fsp3) is 0.625. The standard InChI is InChI=1S/C16H23F2NO/c1-11(19)8-12-9-14(17)16(15(18)10-12)20-13-6-4-2-3-5-7-13/h9-11,13H,2-8,19H2,1H3.